The largest absolute Gasteiger partial charge is 0.383 e. The molecule has 6 nitrogen and oxygen atoms in total. The van der Waals surface area contributed by atoms with Crippen LogP contribution >= 0.6 is 0 Å². The molecule has 98 valence electrons. The summed E-state index contributed by atoms with van der Waals surface area (Å²) in [4.78, 5) is 14.3. The molecule has 3 N–H and O–H groups in total. The highest BCUT2D eigenvalue weighted by atomic mass is 16.6. The van der Waals surface area contributed by atoms with Crippen LogP contribution in [0.15, 0.2) is 30.3 Å². The number of nitrogens with one attached hydrogen (secondary N) is 1. The second-order valence-corrected chi connectivity index (χ2v) is 4.34. The first kappa shape index (κ1) is 12.8. The Morgan fingerprint density at radius 3 is 2.68 bits per heavy atom. The number of nitrogens with two attached hydrogens (primary N) is 1. The maximum atomic E-state index is 10.8. The first-order valence-corrected chi connectivity index (χ1v) is 5.72. The Bertz CT molecular complexity index is 641. The Labute approximate surface area is 110 Å². The number of nitro groups is 1. The van der Waals surface area contributed by atoms with Crippen molar-refractivity contribution in [3.05, 3.63) is 51.6 Å². The number of nitrogen functional groups attached to an aromatic ring is 1. The molecule has 0 aliphatic heterocycles. The van der Waals surface area contributed by atoms with Crippen LogP contribution in [0.3, 0.4) is 0 Å². The lowest BCUT2D eigenvalue weighted by atomic mass is 10.1. The summed E-state index contributed by atoms with van der Waals surface area (Å²) in [7, 11) is 0. The molecule has 6 heteroatoms. The molecule has 0 saturated carbocycles. The van der Waals surface area contributed by atoms with Gasteiger partial charge in [0.05, 0.1) is 17.1 Å². The third-order valence-corrected chi connectivity index (χ3v) is 2.70. The predicted octanol–water partition coefficient (Wildman–Crippen LogP) is 2.93. The molecule has 0 spiro atoms. The van der Waals surface area contributed by atoms with Crippen molar-refractivity contribution in [1.29, 1.82) is 0 Å². The van der Waals surface area contributed by atoms with Crippen LogP contribution in [0, 0.1) is 24.0 Å². The number of aryl methyl sites for hydroxylation is 2. The molecule has 2 aromatic rings. The van der Waals surface area contributed by atoms with E-state index in [1.54, 1.807) is 0 Å². The summed E-state index contributed by atoms with van der Waals surface area (Å²) in [5.74, 6) is 0.474. The number of benzene rings is 1. The second kappa shape index (κ2) is 4.93. The summed E-state index contributed by atoms with van der Waals surface area (Å²) in [6, 6.07) is 8.51. The van der Waals surface area contributed by atoms with Crippen molar-refractivity contribution in [1.82, 2.24) is 4.98 Å². The first-order chi connectivity index (χ1) is 8.95. The molecule has 2 rings (SSSR count). The van der Waals surface area contributed by atoms with Gasteiger partial charge in [0.15, 0.2) is 0 Å². The molecule has 19 heavy (non-hydrogen) atoms. The van der Waals surface area contributed by atoms with Gasteiger partial charge in [0, 0.05) is 5.69 Å². The number of hydrogen-bond donors (Lipinski definition) is 2. The van der Waals surface area contributed by atoms with Crippen LogP contribution in [-0.4, -0.2) is 9.91 Å². The number of rotatable bonds is 3. The van der Waals surface area contributed by atoms with Crippen LogP contribution in [-0.2, 0) is 0 Å². The van der Waals surface area contributed by atoms with E-state index in [4.69, 9.17) is 5.73 Å². The maximum Gasteiger partial charge on any atom is 0.276 e. The van der Waals surface area contributed by atoms with E-state index >= 15 is 0 Å². The molecular formula is C13H14N4O2. The van der Waals surface area contributed by atoms with Crippen molar-refractivity contribution in [2.75, 3.05) is 11.1 Å². The van der Waals surface area contributed by atoms with Gasteiger partial charge in [-0.25, -0.2) is 4.98 Å². The maximum absolute atomic E-state index is 10.8. The summed E-state index contributed by atoms with van der Waals surface area (Å²) in [5, 5.41) is 13.8. The number of hydrogen-bond acceptors (Lipinski definition) is 5. The minimum atomic E-state index is -0.494. The lowest BCUT2D eigenvalue weighted by molar-refractivity contribution is -0.384. The fourth-order valence-corrected chi connectivity index (χ4v) is 1.71. The molecule has 0 bridgehead atoms. The van der Waals surface area contributed by atoms with Gasteiger partial charge in [-0.2, -0.15) is 0 Å². The number of anilines is 3. The molecule has 0 radical (unpaired) electrons. The van der Waals surface area contributed by atoms with Gasteiger partial charge in [-0.3, -0.25) is 10.1 Å². The van der Waals surface area contributed by atoms with Gasteiger partial charge >= 0.3 is 0 Å². The van der Waals surface area contributed by atoms with Crippen molar-refractivity contribution in [2.24, 2.45) is 0 Å². The molecule has 0 amide bonds. The van der Waals surface area contributed by atoms with Gasteiger partial charge in [-0.15, -0.1) is 0 Å². The van der Waals surface area contributed by atoms with E-state index in [-0.39, 0.29) is 11.5 Å². The van der Waals surface area contributed by atoms with Gasteiger partial charge in [-0.1, -0.05) is 12.1 Å². The Kier molecular flexibility index (Phi) is 3.33. The second-order valence-electron chi connectivity index (χ2n) is 4.34. The molecule has 0 saturated heterocycles. The zero-order chi connectivity index (χ0) is 14.0. The van der Waals surface area contributed by atoms with Crippen LogP contribution < -0.4 is 11.1 Å². The van der Waals surface area contributed by atoms with Crippen LogP contribution in [0.4, 0.5) is 23.0 Å². The third kappa shape index (κ3) is 2.98. The molecule has 0 unspecified atom stereocenters. The van der Waals surface area contributed by atoms with Gasteiger partial charge in [0.2, 0.25) is 0 Å². The normalized spacial score (nSPS) is 10.2. The zero-order valence-electron chi connectivity index (χ0n) is 10.7. The van der Waals surface area contributed by atoms with Crippen LogP contribution in [0.25, 0.3) is 0 Å². The summed E-state index contributed by atoms with van der Waals surface area (Å²) >= 11 is 0. The van der Waals surface area contributed by atoms with Gasteiger partial charge in [-0.05, 0) is 31.0 Å². The lowest BCUT2D eigenvalue weighted by Crippen LogP contribution is -2.01. The molecule has 1 aromatic carbocycles. The van der Waals surface area contributed by atoms with Gasteiger partial charge in [0.1, 0.15) is 11.6 Å². The highest BCUT2D eigenvalue weighted by Gasteiger charge is 2.10. The van der Waals surface area contributed by atoms with Crippen LogP contribution in [0.2, 0.25) is 0 Å². The Morgan fingerprint density at radius 2 is 2.00 bits per heavy atom. The van der Waals surface area contributed by atoms with E-state index in [0.717, 1.165) is 16.8 Å². The average Bonchev–Trinajstić information content (AvgIpc) is 2.33. The smallest absolute Gasteiger partial charge is 0.276 e. The average molecular weight is 258 g/mol. The highest BCUT2D eigenvalue weighted by Crippen LogP contribution is 2.24. The monoisotopic (exact) mass is 258 g/mol. The van der Waals surface area contributed by atoms with E-state index < -0.39 is 4.92 Å². The first-order valence-electron chi connectivity index (χ1n) is 5.72. The van der Waals surface area contributed by atoms with E-state index in [1.165, 1.54) is 12.1 Å². The van der Waals surface area contributed by atoms with Gasteiger partial charge < -0.3 is 11.1 Å². The molecule has 0 fully saturated rings. The zero-order valence-corrected chi connectivity index (χ0v) is 10.7. The summed E-state index contributed by atoms with van der Waals surface area (Å²) in [6.07, 6.45) is 0. The predicted molar refractivity (Wildman–Crippen MR) is 74.5 cm³/mol. The SMILES string of the molecule is Cc1ccc(C)c(Nc2cc([N+](=O)[O-])cc(N)n2)c1. The number of aromatic nitrogens is 1. The Balaban J connectivity index is 2.38. The molecule has 0 aliphatic carbocycles. The molecular weight excluding hydrogens is 244 g/mol. The minimum absolute atomic E-state index is 0.0830. The molecule has 0 aliphatic rings. The van der Waals surface area contributed by atoms with E-state index in [0.29, 0.717) is 5.82 Å². The van der Waals surface area contributed by atoms with Crippen molar-refractivity contribution >= 4 is 23.0 Å². The standard InChI is InChI=1S/C13H14N4O2/c1-8-3-4-9(2)11(5-8)15-13-7-10(17(18)19)6-12(14)16-13/h3-7H,1-2H3,(H3,14,15,16). The quantitative estimate of drug-likeness (QED) is 0.652. The van der Waals surface area contributed by atoms with Crippen LogP contribution in [0.5, 0.6) is 0 Å². The summed E-state index contributed by atoms with van der Waals surface area (Å²) in [5.41, 5.74) is 8.45. The lowest BCUT2D eigenvalue weighted by Gasteiger charge is -2.10. The Morgan fingerprint density at radius 1 is 1.26 bits per heavy atom. The third-order valence-electron chi connectivity index (χ3n) is 2.70. The van der Waals surface area contributed by atoms with E-state index in [2.05, 4.69) is 10.3 Å². The van der Waals surface area contributed by atoms with E-state index in [9.17, 15) is 10.1 Å². The van der Waals surface area contributed by atoms with Crippen LogP contribution in [0.1, 0.15) is 11.1 Å². The van der Waals surface area contributed by atoms with E-state index in [1.807, 2.05) is 32.0 Å². The summed E-state index contributed by atoms with van der Waals surface area (Å²) < 4.78 is 0. The summed E-state index contributed by atoms with van der Waals surface area (Å²) in [6.45, 7) is 3.92. The van der Waals surface area contributed by atoms with Crippen molar-refractivity contribution in [3.63, 3.8) is 0 Å². The fraction of sp³-hybridized carbons (Fsp3) is 0.154. The molecule has 1 heterocycles. The fourth-order valence-electron chi connectivity index (χ4n) is 1.71. The molecule has 1 aromatic heterocycles. The Hall–Kier alpha value is -2.63. The number of pyridine rings is 1. The minimum Gasteiger partial charge on any atom is -0.383 e. The van der Waals surface area contributed by atoms with Gasteiger partial charge in [0.25, 0.3) is 5.69 Å². The number of nitrogens with zero attached hydrogens (tertiary/aromatic N) is 2. The molecule has 0 atom stereocenters. The van der Waals surface area contributed by atoms with Crippen molar-refractivity contribution in [2.45, 2.75) is 13.8 Å². The van der Waals surface area contributed by atoms with Crippen molar-refractivity contribution < 1.29 is 4.92 Å². The van der Waals surface area contributed by atoms with Crippen molar-refractivity contribution in [3.8, 4) is 0 Å². The topological polar surface area (TPSA) is 94.1 Å². The highest BCUT2D eigenvalue weighted by molar-refractivity contribution is 5.64.